The number of barbiturate groups is 1. The van der Waals surface area contributed by atoms with Gasteiger partial charge in [-0.15, -0.1) is 0 Å². The summed E-state index contributed by atoms with van der Waals surface area (Å²) in [5, 5.41) is 3.05. The van der Waals surface area contributed by atoms with Crippen LogP contribution >= 0.6 is 39.1 Å². The van der Waals surface area contributed by atoms with Crippen molar-refractivity contribution in [2.75, 3.05) is 4.90 Å². The van der Waals surface area contributed by atoms with Gasteiger partial charge in [0.1, 0.15) is 5.57 Å². The number of imide groups is 2. The fourth-order valence-electron chi connectivity index (χ4n) is 3.61. The molecule has 6 nitrogen and oxygen atoms in total. The fraction of sp³-hybridized carbons (Fsp3) is 0.0870. The first kappa shape index (κ1) is 22.3. The number of nitrogens with zero attached hydrogens (tertiary/aromatic N) is 2. The molecule has 4 rings (SSSR count). The van der Waals surface area contributed by atoms with Crippen LogP contribution in [0.15, 0.2) is 58.6 Å². The van der Waals surface area contributed by atoms with Gasteiger partial charge in [-0.3, -0.25) is 14.9 Å². The Bertz CT molecular complexity index is 1310. The van der Waals surface area contributed by atoms with Crippen molar-refractivity contribution in [3.63, 3.8) is 0 Å². The van der Waals surface area contributed by atoms with Crippen molar-refractivity contribution in [3.05, 3.63) is 85.6 Å². The minimum Gasteiger partial charge on any atom is -0.316 e. The maximum atomic E-state index is 13.1. The van der Waals surface area contributed by atoms with Crippen molar-refractivity contribution in [2.24, 2.45) is 0 Å². The fourth-order valence-corrected chi connectivity index (χ4v) is 4.25. The van der Waals surface area contributed by atoms with Crippen LogP contribution in [-0.4, -0.2) is 22.4 Å². The normalized spacial score (nSPS) is 15.5. The number of urea groups is 1. The quantitative estimate of drug-likeness (QED) is 0.341. The summed E-state index contributed by atoms with van der Waals surface area (Å²) in [4.78, 5) is 39.0. The van der Waals surface area contributed by atoms with Gasteiger partial charge in [-0.1, -0.05) is 45.2 Å². The SMILES string of the molecule is Cc1cc(/C=C2\C(=O)NC(=O)N(c3ccc(Br)cc3)C2=O)c(C)n1-c1cccc(Cl)c1Cl. The van der Waals surface area contributed by atoms with E-state index in [2.05, 4.69) is 21.2 Å². The van der Waals surface area contributed by atoms with E-state index in [1.54, 1.807) is 36.4 Å². The van der Waals surface area contributed by atoms with Gasteiger partial charge in [-0.2, -0.15) is 0 Å². The second-order valence-corrected chi connectivity index (χ2v) is 8.87. The predicted molar refractivity (Wildman–Crippen MR) is 128 cm³/mol. The van der Waals surface area contributed by atoms with Gasteiger partial charge >= 0.3 is 6.03 Å². The topological polar surface area (TPSA) is 71.4 Å². The molecule has 2 heterocycles. The minimum absolute atomic E-state index is 0.148. The second kappa shape index (κ2) is 8.58. The lowest BCUT2D eigenvalue weighted by molar-refractivity contribution is -0.122. The molecular formula is C23H16BrCl2N3O3. The van der Waals surface area contributed by atoms with E-state index in [1.165, 1.54) is 6.08 Å². The van der Waals surface area contributed by atoms with Gasteiger partial charge in [0.05, 0.1) is 21.4 Å². The first-order valence-electron chi connectivity index (χ1n) is 9.49. The predicted octanol–water partition coefficient (Wildman–Crippen LogP) is 5.83. The number of carbonyl (C=O) groups excluding carboxylic acids is 3. The van der Waals surface area contributed by atoms with E-state index in [-0.39, 0.29) is 5.57 Å². The second-order valence-electron chi connectivity index (χ2n) is 7.17. The van der Waals surface area contributed by atoms with Gasteiger partial charge in [0.15, 0.2) is 0 Å². The number of halogens is 3. The molecular weight excluding hydrogens is 517 g/mol. The Kier molecular flexibility index (Phi) is 5.99. The largest absolute Gasteiger partial charge is 0.335 e. The van der Waals surface area contributed by atoms with Crippen LogP contribution in [0.2, 0.25) is 10.0 Å². The zero-order valence-electron chi connectivity index (χ0n) is 16.9. The first-order chi connectivity index (χ1) is 15.2. The van der Waals surface area contributed by atoms with E-state index < -0.39 is 17.8 Å². The third-order valence-corrected chi connectivity index (χ3v) is 6.47. The molecule has 1 fully saturated rings. The van der Waals surface area contributed by atoms with E-state index >= 15 is 0 Å². The maximum Gasteiger partial charge on any atom is 0.335 e. The van der Waals surface area contributed by atoms with Crippen LogP contribution in [-0.2, 0) is 9.59 Å². The van der Waals surface area contributed by atoms with Crippen LogP contribution < -0.4 is 10.2 Å². The zero-order chi connectivity index (χ0) is 23.2. The highest BCUT2D eigenvalue weighted by atomic mass is 79.9. The monoisotopic (exact) mass is 531 g/mol. The van der Waals surface area contributed by atoms with Gasteiger partial charge in [0.25, 0.3) is 11.8 Å². The molecule has 162 valence electrons. The number of carbonyl (C=O) groups is 3. The number of aryl methyl sites for hydroxylation is 1. The maximum absolute atomic E-state index is 13.1. The van der Waals surface area contributed by atoms with Crippen molar-refractivity contribution in [2.45, 2.75) is 13.8 Å². The summed E-state index contributed by atoms with van der Waals surface area (Å²) < 4.78 is 2.69. The number of hydrogen-bond acceptors (Lipinski definition) is 3. The summed E-state index contributed by atoms with van der Waals surface area (Å²) in [5.74, 6) is -1.45. The number of aromatic nitrogens is 1. The molecule has 9 heteroatoms. The smallest absolute Gasteiger partial charge is 0.316 e. The number of benzene rings is 2. The molecule has 0 aliphatic carbocycles. The Hall–Kier alpha value is -2.87. The third-order valence-electron chi connectivity index (χ3n) is 5.13. The molecule has 1 aliphatic heterocycles. The van der Waals surface area contributed by atoms with Crippen LogP contribution in [0.25, 0.3) is 11.8 Å². The summed E-state index contributed by atoms with van der Waals surface area (Å²) >= 11 is 15.9. The Balaban J connectivity index is 1.78. The standard InChI is InChI=1S/C23H16BrCl2N3O3/c1-12-10-14(13(2)28(12)19-5-3-4-18(25)20(19)26)11-17-21(30)27-23(32)29(22(17)31)16-8-6-15(24)7-9-16/h3-11H,1-2H3,(H,27,30,32)/b17-11+. The molecule has 0 unspecified atom stereocenters. The lowest BCUT2D eigenvalue weighted by atomic mass is 10.1. The Morgan fingerprint density at radius 3 is 2.38 bits per heavy atom. The van der Waals surface area contributed by atoms with Gasteiger partial charge < -0.3 is 4.57 Å². The molecule has 4 amide bonds. The van der Waals surface area contributed by atoms with Gasteiger partial charge in [-0.05, 0) is 68.0 Å². The molecule has 1 aromatic heterocycles. The number of anilines is 1. The molecule has 0 radical (unpaired) electrons. The minimum atomic E-state index is -0.796. The van der Waals surface area contributed by atoms with E-state index in [4.69, 9.17) is 23.2 Å². The van der Waals surface area contributed by atoms with E-state index in [1.807, 2.05) is 30.5 Å². The lowest BCUT2D eigenvalue weighted by Crippen LogP contribution is -2.54. The molecule has 32 heavy (non-hydrogen) atoms. The molecule has 0 bridgehead atoms. The van der Waals surface area contributed by atoms with Gasteiger partial charge in [0.2, 0.25) is 0 Å². The summed E-state index contributed by atoms with van der Waals surface area (Å²) in [5.41, 5.74) is 3.12. The van der Waals surface area contributed by atoms with E-state index in [9.17, 15) is 14.4 Å². The highest BCUT2D eigenvalue weighted by molar-refractivity contribution is 9.10. The molecule has 2 aromatic carbocycles. The van der Waals surface area contributed by atoms with Crippen molar-refractivity contribution in [3.8, 4) is 5.69 Å². The molecule has 0 saturated carbocycles. The Labute approximate surface area is 202 Å². The van der Waals surface area contributed by atoms with Crippen LogP contribution in [0.1, 0.15) is 17.0 Å². The Morgan fingerprint density at radius 1 is 1.00 bits per heavy atom. The molecule has 0 spiro atoms. The van der Waals surface area contributed by atoms with Gasteiger partial charge in [-0.25, -0.2) is 9.69 Å². The van der Waals surface area contributed by atoms with E-state index in [0.29, 0.717) is 27.0 Å². The van der Waals surface area contributed by atoms with Crippen molar-refractivity contribution < 1.29 is 14.4 Å². The molecule has 3 aromatic rings. The van der Waals surface area contributed by atoms with E-state index in [0.717, 1.165) is 20.8 Å². The highest BCUT2D eigenvalue weighted by Gasteiger charge is 2.37. The first-order valence-corrected chi connectivity index (χ1v) is 11.0. The van der Waals surface area contributed by atoms with Crippen molar-refractivity contribution >= 4 is 68.7 Å². The van der Waals surface area contributed by atoms with Crippen molar-refractivity contribution in [1.29, 1.82) is 0 Å². The van der Waals surface area contributed by atoms with Crippen molar-refractivity contribution in [1.82, 2.24) is 9.88 Å². The number of hydrogen-bond donors (Lipinski definition) is 1. The summed E-state index contributed by atoms with van der Waals surface area (Å²) in [6, 6.07) is 13.0. The molecule has 0 atom stereocenters. The number of nitrogens with one attached hydrogen (secondary N) is 1. The molecule has 1 N–H and O–H groups in total. The average molecular weight is 533 g/mol. The van der Waals surface area contributed by atoms with Crippen LogP contribution in [0.4, 0.5) is 10.5 Å². The Morgan fingerprint density at radius 2 is 1.69 bits per heavy atom. The van der Waals surface area contributed by atoms with Crippen LogP contribution in [0.3, 0.4) is 0 Å². The molecule has 1 saturated heterocycles. The summed E-state index contributed by atoms with van der Waals surface area (Å²) in [6.45, 7) is 3.73. The summed E-state index contributed by atoms with van der Waals surface area (Å²) in [6.07, 6.45) is 1.48. The number of rotatable bonds is 3. The average Bonchev–Trinajstić information content (AvgIpc) is 3.01. The zero-order valence-corrected chi connectivity index (χ0v) is 20.0. The van der Waals surface area contributed by atoms with Crippen LogP contribution in [0.5, 0.6) is 0 Å². The third kappa shape index (κ3) is 3.88. The molecule has 1 aliphatic rings. The lowest BCUT2D eigenvalue weighted by Gasteiger charge is -2.26. The van der Waals surface area contributed by atoms with Crippen LogP contribution in [0, 0.1) is 13.8 Å². The number of amides is 4. The highest BCUT2D eigenvalue weighted by Crippen LogP contribution is 2.32. The van der Waals surface area contributed by atoms with Gasteiger partial charge in [0, 0.05) is 15.9 Å². The summed E-state index contributed by atoms with van der Waals surface area (Å²) in [7, 11) is 0.